The summed E-state index contributed by atoms with van der Waals surface area (Å²) >= 11 is 1.43. The molecule has 15 heavy (non-hydrogen) atoms. The van der Waals surface area contributed by atoms with Crippen molar-refractivity contribution in [2.24, 2.45) is 0 Å². The zero-order chi connectivity index (χ0) is 10.7. The van der Waals surface area contributed by atoms with Gasteiger partial charge in [-0.2, -0.15) is 0 Å². The summed E-state index contributed by atoms with van der Waals surface area (Å²) in [6.45, 7) is 1.49. The molecule has 0 bridgehead atoms. The molecule has 1 heterocycles. The van der Waals surface area contributed by atoms with Crippen LogP contribution in [0.2, 0.25) is 0 Å². The smallest absolute Gasteiger partial charge is 0.221 e. The fourth-order valence-electron chi connectivity index (χ4n) is 1.28. The lowest BCUT2D eigenvalue weighted by Gasteiger charge is -2.03. The van der Waals surface area contributed by atoms with Crippen molar-refractivity contribution in [3.05, 3.63) is 35.2 Å². The molecule has 1 amide bonds. The van der Waals surface area contributed by atoms with Gasteiger partial charge in [-0.1, -0.05) is 12.1 Å². The molecule has 2 aromatic rings. The van der Waals surface area contributed by atoms with E-state index in [-0.39, 0.29) is 5.91 Å². The Kier molecular flexibility index (Phi) is 2.78. The van der Waals surface area contributed by atoms with Gasteiger partial charge in [-0.25, -0.2) is 4.98 Å². The first-order valence-corrected chi connectivity index (χ1v) is 5.33. The Balaban J connectivity index is 2.31. The maximum atomic E-state index is 10.9. The first-order valence-electron chi connectivity index (χ1n) is 4.45. The van der Waals surface area contributed by atoms with E-state index in [2.05, 4.69) is 15.8 Å². The van der Waals surface area contributed by atoms with E-state index in [0.717, 1.165) is 16.9 Å². The fourth-order valence-corrected chi connectivity index (χ4v) is 1.78. The van der Waals surface area contributed by atoms with Gasteiger partial charge in [-0.15, -0.1) is 11.3 Å². The molecular weight excluding hydrogens is 208 g/mol. The van der Waals surface area contributed by atoms with E-state index in [1.807, 2.05) is 29.6 Å². The van der Waals surface area contributed by atoms with Crippen LogP contribution in [0.15, 0.2) is 29.6 Å². The fraction of sp³-hybridized carbons (Fsp3) is 0.0909. The molecule has 1 N–H and O–H groups in total. The maximum absolute atomic E-state index is 10.9. The number of carbonyl (C=O) groups is 1. The van der Waals surface area contributed by atoms with E-state index in [1.165, 1.54) is 18.3 Å². The van der Waals surface area contributed by atoms with Gasteiger partial charge in [0.2, 0.25) is 5.91 Å². The number of rotatable bonds is 2. The molecule has 0 saturated heterocycles. The summed E-state index contributed by atoms with van der Waals surface area (Å²) in [5.41, 5.74) is 5.44. The van der Waals surface area contributed by atoms with Crippen LogP contribution in [-0.4, -0.2) is 10.9 Å². The van der Waals surface area contributed by atoms with Crippen molar-refractivity contribution in [3.63, 3.8) is 0 Å². The number of aromatic nitrogens is 1. The molecule has 0 aliphatic rings. The second-order valence-electron chi connectivity index (χ2n) is 3.09. The summed E-state index contributed by atoms with van der Waals surface area (Å²) in [6.07, 6.45) is 0. The average Bonchev–Trinajstić information content (AvgIpc) is 2.69. The summed E-state index contributed by atoms with van der Waals surface area (Å²) in [6, 6.07) is 7.58. The van der Waals surface area contributed by atoms with E-state index in [9.17, 15) is 4.79 Å². The predicted molar refractivity (Wildman–Crippen MR) is 60.7 cm³/mol. The van der Waals surface area contributed by atoms with Crippen molar-refractivity contribution in [1.82, 2.24) is 4.98 Å². The Bertz CT molecular complexity index is 465. The highest BCUT2D eigenvalue weighted by molar-refractivity contribution is 7.07. The molecule has 2 rings (SSSR count). The van der Waals surface area contributed by atoms with Gasteiger partial charge in [0.05, 0.1) is 5.69 Å². The van der Waals surface area contributed by atoms with Gasteiger partial charge in [-0.3, -0.25) is 4.79 Å². The van der Waals surface area contributed by atoms with Crippen LogP contribution in [0.3, 0.4) is 0 Å². The molecule has 1 aromatic heterocycles. The zero-order valence-electron chi connectivity index (χ0n) is 8.15. The molecular formula is C11H9N2OS. The summed E-state index contributed by atoms with van der Waals surface area (Å²) in [5, 5.41) is 4.66. The van der Waals surface area contributed by atoms with E-state index in [4.69, 9.17) is 0 Å². The van der Waals surface area contributed by atoms with Gasteiger partial charge < -0.3 is 5.32 Å². The Morgan fingerprint density at radius 1 is 1.53 bits per heavy atom. The van der Waals surface area contributed by atoms with Crippen molar-refractivity contribution in [3.8, 4) is 11.3 Å². The number of benzene rings is 1. The number of hydrogen-bond acceptors (Lipinski definition) is 3. The molecule has 1 radical (unpaired) electrons. The van der Waals surface area contributed by atoms with Gasteiger partial charge in [0.15, 0.2) is 5.51 Å². The predicted octanol–water partition coefficient (Wildman–Crippen LogP) is 2.57. The number of hydrogen-bond donors (Lipinski definition) is 1. The minimum Gasteiger partial charge on any atom is -0.326 e. The summed E-state index contributed by atoms with van der Waals surface area (Å²) in [7, 11) is 0. The lowest BCUT2D eigenvalue weighted by molar-refractivity contribution is -0.114. The number of anilines is 1. The first-order chi connectivity index (χ1) is 7.25. The molecule has 0 atom stereocenters. The number of carbonyl (C=O) groups excluding carboxylic acids is 1. The summed E-state index contributed by atoms with van der Waals surface area (Å²) in [4.78, 5) is 15.0. The van der Waals surface area contributed by atoms with Crippen LogP contribution < -0.4 is 5.32 Å². The molecule has 0 unspecified atom stereocenters. The molecule has 3 nitrogen and oxygen atoms in total. The quantitative estimate of drug-likeness (QED) is 0.840. The molecule has 4 heteroatoms. The highest BCUT2D eigenvalue weighted by Gasteiger charge is 2.01. The highest BCUT2D eigenvalue weighted by atomic mass is 32.1. The molecule has 75 valence electrons. The standard InChI is InChI=1S/C11H9N2OS/c1-8(14)13-10-4-2-3-9(5-10)11-6-15-7-12-11/h2-6H,1H3,(H,13,14). The second-order valence-corrected chi connectivity index (χ2v) is 3.74. The Labute approximate surface area is 91.8 Å². The molecule has 0 spiro atoms. The van der Waals surface area contributed by atoms with Crippen molar-refractivity contribution in [2.45, 2.75) is 6.92 Å². The van der Waals surface area contributed by atoms with Crippen molar-refractivity contribution >= 4 is 22.9 Å². The zero-order valence-corrected chi connectivity index (χ0v) is 8.97. The highest BCUT2D eigenvalue weighted by Crippen LogP contribution is 2.21. The lowest BCUT2D eigenvalue weighted by Crippen LogP contribution is -2.05. The van der Waals surface area contributed by atoms with Gasteiger partial charge in [0.25, 0.3) is 0 Å². The maximum Gasteiger partial charge on any atom is 0.221 e. The van der Waals surface area contributed by atoms with Crippen molar-refractivity contribution in [1.29, 1.82) is 0 Å². The number of thiazole rings is 1. The summed E-state index contributed by atoms with van der Waals surface area (Å²) < 4.78 is 0. The van der Waals surface area contributed by atoms with E-state index in [1.54, 1.807) is 0 Å². The minimum absolute atomic E-state index is 0.0722. The molecule has 1 aromatic carbocycles. The SMILES string of the molecule is CC(=O)Nc1cccc(-c2cs[c]n2)c1. The van der Waals surface area contributed by atoms with E-state index < -0.39 is 0 Å². The van der Waals surface area contributed by atoms with Crippen LogP contribution >= 0.6 is 11.3 Å². The van der Waals surface area contributed by atoms with Crippen molar-refractivity contribution < 1.29 is 4.79 Å². The van der Waals surface area contributed by atoms with Gasteiger partial charge in [0, 0.05) is 23.6 Å². The van der Waals surface area contributed by atoms with Crippen LogP contribution in [0.5, 0.6) is 0 Å². The van der Waals surface area contributed by atoms with Gasteiger partial charge in [-0.05, 0) is 12.1 Å². The average molecular weight is 217 g/mol. The van der Waals surface area contributed by atoms with Crippen LogP contribution in [-0.2, 0) is 4.79 Å². The third-order valence-electron chi connectivity index (χ3n) is 1.87. The Morgan fingerprint density at radius 3 is 3.07 bits per heavy atom. The Morgan fingerprint density at radius 2 is 2.40 bits per heavy atom. The second kappa shape index (κ2) is 4.23. The monoisotopic (exact) mass is 217 g/mol. The van der Waals surface area contributed by atoms with Crippen LogP contribution in [0.25, 0.3) is 11.3 Å². The third-order valence-corrected chi connectivity index (χ3v) is 2.41. The normalized spacial score (nSPS) is 9.93. The number of nitrogens with zero attached hydrogens (tertiary/aromatic N) is 1. The van der Waals surface area contributed by atoms with Crippen LogP contribution in [0.1, 0.15) is 6.92 Å². The van der Waals surface area contributed by atoms with Gasteiger partial charge in [0.1, 0.15) is 0 Å². The van der Waals surface area contributed by atoms with E-state index in [0.29, 0.717) is 0 Å². The molecule has 0 aliphatic heterocycles. The summed E-state index contributed by atoms with van der Waals surface area (Å²) in [5.74, 6) is -0.0722. The van der Waals surface area contributed by atoms with Crippen LogP contribution in [0.4, 0.5) is 5.69 Å². The minimum atomic E-state index is -0.0722. The lowest BCUT2D eigenvalue weighted by atomic mass is 10.1. The number of amides is 1. The van der Waals surface area contributed by atoms with E-state index >= 15 is 0 Å². The van der Waals surface area contributed by atoms with Crippen molar-refractivity contribution in [2.75, 3.05) is 5.32 Å². The van der Waals surface area contributed by atoms with Gasteiger partial charge >= 0.3 is 0 Å². The third kappa shape index (κ3) is 2.41. The molecule has 0 saturated carbocycles. The first kappa shape index (κ1) is 9.86. The molecule has 0 aliphatic carbocycles. The Hall–Kier alpha value is -1.68. The van der Waals surface area contributed by atoms with Crippen LogP contribution in [0, 0.1) is 5.51 Å². The largest absolute Gasteiger partial charge is 0.326 e. The number of nitrogens with one attached hydrogen (secondary N) is 1. The molecule has 0 fully saturated rings. The topological polar surface area (TPSA) is 42.0 Å².